The summed E-state index contributed by atoms with van der Waals surface area (Å²) in [5.41, 5.74) is 0.943. The monoisotopic (exact) mass is 285 g/mol. The highest BCUT2D eigenvalue weighted by Gasteiger charge is 2.22. The number of hydrogen-bond acceptors (Lipinski definition) is 3. The molecule has 0 heterocycles. The summed E-state index contributed by atoms with van der Waals surface area (Å²) in [6, 6.07) is 6.76. The van der Waals surface area contributed by atoms with E-state index in [1.54, 1.807) is 24.3 Å². The molecule has 1 aromatic rings. The van der Waals surface area contributed by atoms with E-state index in [1.165, 1.54) is 4.31 Å². The summed E-state index contributed by atoms with van der Waals surface area (Å²) in [4.78, 5) is 0.326. The van der Waals surface area contributed by atoms with E-state index in [2.05, 4.69) is 0 Å². The van der Waals surface area contributed by atoms with Crippen molar-refractivity contribution in [3.05, 3.63) is 29.8 Å². The van der Waals surface area contributed by atoms with Crippen LogP contribution in [0.25, 0.3) is 0 Å². The Morgan fingerprint density at radius 1 is 1.16 bits per heavy atom. The standard InChI is InChI=1S/C14H23NO3S/c1-3-5-11-15(4-2)19(17,18)14-8-6-13(7-9-14)10-12-16/h6-9,16H,3-5,10-12H2,1-2H3. The van der Waals surface area contributed by atoms with Gasteiger partial charge in [-0.25, -0.2) is 8.42 Å². The van der Waals surface area contributed by atoms with E-state index < -0.39 is 10.0 Å². The van der Waals surface area contributed by atoms with E-state index >= 15 is 0 Å². The quantitative estimate of drug-likeness (QED) is 0.795. The first-order valence-corrected chi connectivity index (χ1v) is 8.20. The van der Waals surface area contributed by atoms with Crippen LogP contribution in [0.5, 0.6) is 0 Å². The summed E-state index contributed by atoms with van der Waals surface area (Å²) < 4.78 is 26.3. The van der Waals surface area contributed by atoms with Gasteiger partial charge in [0.05, 0.1) is 4.90 Å². The Balaban J connectivity index is 2.91. The van der Waals surface area contributed by atoms with Crippen LogP contribution in [0.1, 0.15) is 32.3 Å². The number of rotatable bonds is 8. The Labute approximate surface area is 116 Å². The fourth-order valence-corrected chi connectivity index (χ4v) is 3.38. The lowest BCUT2D eigenvalue weighted by atomic mass is 10.2. The van der Waals surface area contributed by atoms with Crippen LogP contribution in [0.4, 0.5) is 0 Å². The minimum Gasteiger partial charge on any atom is -0.396 e. The van der Waals surface area contributed by atoms with Crippen molar-refractivity contribution in [1.29, 1.82) is 0 Å². The highest BCUT2D eigenvalue weighted by Crippen LogP contribution is 2.17. The number of aliphatic hydroxyl groups excluding tert-OH is 1. The van der Waals surface area contributed by atoms with Gasteiger partial charge in [-0.15, -0.1) is 0 Å². The van der Waals surface area contributed by atoms with Crippen LogP contribution in [0, 0.1) is 0 Å². The predicted octanol–water partition coefficient (Wildman–Crippen LogP) is 2.03. The lowest BCUT2D eigenvalue weighted by Crippen LogP contribution is -2.31. The summed E-state index contributed by atoms with van der Waals surface area (Å²) in [5, 5.41) is 8.85. The minimum atomic E-state index is -3.38. The molecule has 0 spiro atoms. The molecule has 5 heteroatoms. The van der Waals surface area contributed by atoms with Gasteiger partial charge in [0, 0.05) is 19.7 Å². The largest absolute Gasteiger partial charge is 0.396 e. The molecule has 0 aliphatic rings. The van der Waals surface area contributed by atoms with E-state index in [0.717, 1.165) is 18.4 Å². The van der Waals surface area contributed by atoms with Crippen molar-refractivity contribution in [2.45, 2.75) is 38.0 Å². The van der Waals surface area contributed by atoms with E-state index in [4.69, 9.17) is 5.11 Å². The van der Waals surface area contributed by atoms with Crippen molar-refractivity contribution >= 4 is 10.0 Å². The predicted molar refractivity (Wildman–Crippen MR) is 76.6 cm³/mol. The molecular weight excluding hydrogens is 262 g/mol. The molecule has 0 aliphatic carbocycles. The molecule has 0 fully saturated rings. The number of hydrogen-bond donors (Lipinski definition) is 1. The highest BCUT2D eigenvalue weighted by atomic mass is 32.2. The summed E-state index contributed by atoms with van der Waals surface area (Å²) in [6.45, 7) is 5.02. The normalized spacial score (nSPS) is 12.0. The third kappa shape index (κ3) is 4.30. The number of unbranched alkanes of at least 4 members (excludes halogenated alkanes) is 1. The molecule has 1 aromatic carbocycles. The summed E-state index contributed by atoms with van der Waals surface area (Å²) in [5.74, 6) is 0. The van der Waals surface area contributed by atoms with Crippen molar-refractivity contribution in [2.75, 3.05) is 19.7 Å². The van der Waals surface area contributed by atoms with Crippen molar-refractivity contribution in [2.24, 2.45) is 0 Å². The van der Waals surface area contributed by atoms with E-state index in [9.17, 15) is 8.42 Å². The zero-order valence-electron chi connectivity index (χ0n) is 11.7. The van der Waals surface area contributed by atoms with Gasteiger partial charge in [0.1, 0.15) is 0 Å². The number of nitrogens with zero attached hydrogens (tertiary/aromatic N) is 1. The van der Waals surface area contributed by atoms with Gasteiger partial charge >= 0.3 is 0 Å². The van der Waals surface area contributed by atoms with Crippen LogP contribution in [0.2, 0.25) is 0 Å². The van der Waals surface area contributed by atoms with E-state index in [0.29, 0.717) is 24.4 Å². The minimum absolute atomic E-state index is 0.0731. The van der Waals surface area contributed by atoms with E-state index in [1.807, 2.05) is 13.8 Å². The molecule has 4 nitrogen and oxygen atoms in total. The van der Waals surface area contributed by atoms with Gasteiger partial charge in [-0.05, 0) is 30.5 Å². The van der Waals surface area contributed by atoms with Crippen molar-refractivity contribution in [1.82, 2.24) is 4.31 Å². The molecule has 0 atom stereocenters. The zero-order chi connectivity index (χ0) is 14.3. The third-order valence-corrected chi connectivity index (χ3v) is 5.06. The average molecular weight is 285 g/mol. The fourth-order valence-electron chi connectivity index (χ4n) is 1.89. The highest BCUT2D eigenvalue weighted by molar-refractivity contribution is 7.89. The van der Waals surface area contributed by atoms with Gasteiger partial charge in [0.2, 0.25) is 10.0 Å². The second-order valence-corrected chi connectivity index (χ2v) is 6.41. The summed E-state index contributed by atoms with van der Waals surface area (Å²) in [6.07, 6.45) is 2.39. The first-order valence-electron chi connectivity index (χ1n) is 6.76. The number of sulfonamides is 1. The molecule has 0 bridgehead atoms. The van der Waals surface area contributed by atoms with Gasteiger partial charge in [-0.3, -0.25) is 0 Å². The lowest BCUT2D eigenvalue weighted by Gasteiger charge is -2.20. The molecule has 0 amide bonds. The molecule has 0 aliphatic heterocycles. The Morgan fingerprint density at radius 3 is 2.26 bits per heavy atom. The van der Waals surface area contributed by atoms with Crippen LogP contribution < -0.4 is 0 Å². The lowest BCUT2D eigenvalue weighted by molar-refractivity contribution is 0.299. The van der Waals surface area contributed by atoms with Crippen molar-refractivity contribution < 1.29 is 13.5 Å². The van der Waals surface area contributed by atoms with Crippen LogP contribution in [0.3, 0.4) is 0 Å². The topological polar surface area (TPSA) is 57.6 Å². The van der Waals surface area contributed by atoms with Crippen molar-refractivity contribution in [3.8, 4) is 0 Å². The van der Waals surface area contributed by atoms with Crippen molar-refractivity contribution in [3.63, 3.8) is 0 Å². The SMILES string of the molecule is CCCCN(CC)S(=O)(=O)c1ccc(CCO)cc1. The van der Waals surface area contributed by atoms with Gasteiger partial charge < -0.3 is 5.11 Å². The first-order chi connectivity index (χ1) is 9.06. The van der Waals surface area contributed by atoms with Crippen LogP contribution in [-0.4, -0.2) is 37.5 Å². The van der Waals surface area contributed by atoms with Crippen LogP contribution in [-0.2, 0) is 16.4 Å². The Morgan fingerprint density at radius 2 is 1.79 bits per heavy atom. The van der Waals surface area contributed by atoms with Gasteiger partial charge in [0.15, 0.2) is 0 Å². The molecule has 0 radical (unpaired) electrons. The maximum atomic E-state index is 12.4. The molecule has 0 aromatic heterocycles. The molecule has 1 N–H and O–H groups in total. The van der Waals surface area contributed by atoms with E-state index in [-0.39, 0.29) is 6.61 Å². The summed E-state index contributed by atoms with van der Waals surface area (Å²) in [7, 11) is -3.38. The Kier molecular flexibility index (Phi) is 6.48. The maximum absolute atomic E-state index is 12.4. The molecular formula is C14H23NO3S. The number of aliphatic hydroxyl groups is 1. The van der Waals surface area contributed by atoms with Gasteiger partial charge in [0.25, 0.3) is 0 Å². The molecule has 0 unspecified atom stereocenters. The zero-order valence-corrected chi connectivity index (χ0v) is 12.5. The van der Waals surface area contributed by atoms with Gasteiger partial charge in [-0.1, -0.05) is 32.4 Å². The molecule has 0 saturated heterocycles. The number of benzene rings is 1. The first kappa shape index (κ1) is 16.1. The van der Waals surface area contributed by atoms with Crippen LogP contribution in [0.15, 0.2) is 29.2 Å². The molecule has 0 saturated carbocycles. The maximum Gasteiger partial charge on any atom is 0.243 e. The third-order valence-electron chi connectivity index (χ3n) is 3.08. The van der Waals surface area contributed by atoms with Gasteiger partial charge in [-0.2, -0.15) is 4.31 Å². The fraction of sp³-hybridized carbons (Fsp3) is 0.571. The van der Waals surface area contributed by atoms with Crippen LogP contribution >= 0.6 is 0 Å². The molecule has 108 valence electrons. The molecule has 1 rings (SSSR count). The second-order valence-electron chi connectivity index (χ2n) is 4.47. The second kappa shape index (κ2) is 7.62. The Hall–Kier alpha value is -0.910. The average Bonchev–Trinajstić information content (AvgIpc) is 2.40. The molecule has 19 heavy (non-hydrogen) atoms. The Bertz CT molecular complexity index is 468. The summed E-state index contributed by atoms with van der Waals surface area (Å²) >= 11 is 0. The smallest absolute Gasteiger partial charge is 0.243 e.